The minimum absolute atomic E-state index is 0.400. The van der Waals surface area contributed by atoms with Gasteiger partial charge in [0.05, 0.1) is 5.56 Å². The van der Waals surface area contributed by atoms with Crippen molar-refractivity contribution in [2.24, 2.45) is 0 Å². The van der Waals surface area contributed by atoms with Gasteiger partial charge < -0.3 is 5.11 Å². The number of aliphatic carboxylic acids is 1. The van der Waals surface area contributed by atoms with Crippen molar-refractivity contribution in [3.05, 3.63) is 60.2 Å². The molecule has 148 valence electrons. The number of alkyl halides is 3. The Hall–Kier alpha value is -2.63. The molecule has 0 bridgehead atoms. The van der Waals surface area contributed by atoms with Crippen LogP contribution in [-0.2, 0) is 25.8 Å². The molecule has 2 aliphatic rings. The van der Waals surface area contributed by atoms with Crippen LogP contribution in [0, 0.1) is 0 Å². The lowest BCUT2D eigenvalue weighted by atomic mass is 10.2. The van der Waals surface area contributed by atoms with E-state index in [9.17, 15) is 31.5 Å². The van der Waals surface area contributed by atoms with Crippen LogP contribution >= 0.6 is 0 Å². The third-order valence-electron chi connectivity index (χ3n) is 4.78. The van der Waals surface area contributed by atoms with Crippen LogP contribution in [0.4, 0.5) is 18.9 Å². The van der Waals surface area contributed by atoms with Gasteiger partial charge in [-0.1, -0.05) is 35.2 Å². The number of hydroxylamine groups is 2. The van der Waals surface area contributed by atoms with Gasteiger partial charge in [0.25, 0.3) is 0 Å². The fourth-order valence-corrected chi connectivity index (χ4v) is 5.37. The highest BCUT2D eigenvalue weighted by molar-refractivity contribution is 7.86. The number of hydrogen-bond donors (Lipinski definition) is 1. The Morgan fingerprint density at radius 1 is 1.11 bits per heavy atom. The molecule has 2 aliphatic heterocycles. The summed E-state index contributed by atoms with van der Waals surface area (Å²) < 4.78 is 65.1. The van der Waals surface area contributed by atoms with Gasteiger partial charge in [0, 0.05) is 5.69 Å². The third kappa shape index (κ3) is 2.58. The Bertz CT molecular complexity index is 1040. The number of rotatable bonds is 4. The van der Waals surface area contributed by atoms with Crippen LogP contribution in [0.3, 0.4) is 0 Å². The molecule has 2 fully saturated rings. The first-order valence-corrected chi connectivity index (χ1v) is 9.57. The molecular formula is C17H14F3N2O5S+. The Morgan fingerprint density at radius 3 is 2.32 bits per heavy atom. The first kappa shape index (κ1) is 18.7. The molecule has 0 spiro atoms. The van der Waals surface area contributed by atoms with E-state index < -0.39 is 55.6 Å². The van der Waals surface area contributed by atoms with Crippen molar-refractivity contribution in [3.63, 3.8) is 0 Å². The van der Waals surface area contributed by atoms with Crippen LogP contribution in [0.2, 0.25) is 0 Å². The van der Waals surface area contributed by atoms with Gasteiger partial charge in [-0.3, -0.25) is 4.90 Å². The number of carboxylic acid groups (broad SMARTS) is 1. The zero-order chi connectivity index (χ0) is 20.3. The summed E-state index contributed by atoms with van der Waals surface area (Å²) in [7, 11) is -4.70. The second-order valence-electron chi connectivity index (χ2n) is 6.41. The average molecular weight is 415 g/mol. The van der Waals surface area contributed by atoms with Gasteiger partial charge >= 0.3 is 28.5 Å². The molecule has 11 heteroatoms. The van der Waals surface area contributed by atoms with Crippen LogP contribution in [0.15, 0.2) is 59.5 Å². The lowest BCUT2D eigenvalue weighted by Crippen LogP contribution is -2.42. The fourth-order valence-electron chi connectivity index (χ4n) is 3.46. The number of fused-ring (bicyclic) bond motifs is 1. The number of para-hydroxylation sites is 1. The number of anilines is 1. The van der Waals surface area contributed by atoms with Crippen molar-refractivity contribution in [2.45, 2.75) is 23.5 Å². The van der Waals surface area contributed by atoms with Gasteiger partial charge in [0.2, 0.25) is 0 Å². The highest BCUT2D eigenvalue weighted by Crippen LogP contribution is 2.52. The van der Waals surface area contributed by atoms with Crippen molar-refractivity contribution in [3.8, 4) is 0 Å². The minimum Gasteiger partial charge on any atom is -0.480 e. The second kappa shape index (κ2) is 5.93. The zero-order valence-electron chi connectivity index (χ0n) is 14.1. The number of sulfonamides is 1. The first-order chi connectivity index (χ1) is 13.1. The maximum absolute atomic E-state index is 13.3. The lowest BCUT2D eigenvalue weighted by Gasteiger charge is -2.19. The molecule has 0 radical (unpaired) electrons. The molecule has 3 atom stereocenters. The first-order valence-electron chi connectivity index (χ1n) is 8.13. The van der Waals surface area contributed by atoms with Crippen molar-refractivity contribution >= 4 is 21.7 Å². The molecule has 7 nitrogen and oxygen atoms in total. The van der Waals surface area contributed by atoms with Gasteiger partial charge in [-0.2, -0.15) is 21.6 Å². The van der Waals surface area contributed by atoms with E-state index >= 15 is 0 Å². The number of carboxylic acids is 1. The predicted molar refractivity (Wildman–Crippen MR) is 89.0 cm³/mol. The summed E-state index contributed by atoms with van der Waals surface area (Å²) in [6.07, 6.45) is -6.13. The number of nitrogens with zero attached hydrogens (tertiary/aromatic N) is 2. The van der Waals surface area contributed by atoms with E-state index in [-0.39, 0.29) is 0 Å². The monoisotopic (exact) mass is 415 g/mol. The number of carbonyl (C=O) groups is 1. The Balaban J connectivity index is 1.80. The summed E-state index contributed by atoms with van der Waals surface area (Å²) in [6, 6.07) is 10.6. The predicted octanol–water partition coefficient (Wildman–Crippen LogP) is 2.41. The summed E-state index contributed by atoms with van der Waals surface area (Å²) in [5.74, 6) is -1.29. The summed E-state index contributed by atoms with van der Waals surface area (Å²) in [5.41, 5.74) is -0.918. The SMILES string of the molecule is O=C(O)C1C[N+]2(S(=O)(=O)c3ccccc3C(F)(F)F)OC2N1c1ccccc1. The highest BCUT2D eigenvalue weighted by atomic mass is 32.2. The molecule has 2 aromatic rings. The van der Waals surface area contributed by atoms with E-state index in [1.807, 2.05) is 0 Å². The van der Waals surface area contributed by atoms with Gasteiger partial charge in [-0.15, -0.1) is 0 Å². The van der Waals surface area contributed by atoms with Crippen molar-refractivity contribution in [1.29, 1.82) is 0 Å². The van der Waals surface area contributed by atoms with Crippen molar-refractivity contribution < 1.29 is 40.4 Å². The number of halogens is 3. The highest BCUT2D eigenvalue weighted by Gasteiger charge is 2.80. The zero-order valence-corrected chi connectivity index (χ0v) is 14.9. The molecule has 0 amide bonds. The van der Waals surface area contributed by atoms with Crippen LogP contribution in [-0.4, -0.2) is 42.5 Å². The normalized spacial score (nSPS) is 26.8. The topological polar surface area (TPSA) is 87.2 Å². The molecule has 4 rings (SSSR count). The smallest absolute Gasteiger partial charge is 0.417 e. The summed E-state index contributed by atoms with van der Waals surface area (Å²) in [5, 5.41) is 9.54. The molecular weight excluding hydrogens is 401 g/mol. The minimum atomic E-state index is -4.89. The number of hydrogen-bond acceptors (Lipinski definition) is 5. The number of quaternary nitrogens is 1. The van der Waals surface area contributed by atoms with Crippen LogP contribution in [0.1, 0.15) is 5.56 Å². The standard InChI is InChI=1S/C17H13F3N2O5S/c18-17(19,20)12-8-4-5-9-14(12)28(25,26)22-10-13(15(23)24)21(16(22)27-22)11-6-2-1-3-7-11/h1-9,13,16H,10H2/p+1. The summed E-state index contributed by atoms with van der Waals surface area (Å²) >= 11 is 0. The molecule has 28 heavy (non-hydrogen) atoms. The van der Waals surface area contributed by atoms with E-state index in [1.54, 1.807) is 30.3 Å². The third-order valence-corrected chi connectivity index (χ3v) is 6.92. The molecule has 2 aromatic carbocycles. The van der Waals surface area contributed by atoms with E-state index in [2.05, 4.69) is 0 Å². The van der Waals surface area contributed by atoms with Crippen LogP contribution in [0.5, 0.6) is 0 Å². The molecule has 3 unspecified atom stereocenters. The Morgan fingerprint density at radius 2 is 1.71 bits per heavy atom. The largest absolute Gasteiger partial charge is 0.480 e. The quantitative estimate of drug-likeness (QED) is 0.610. The maximum Gasteiger partial charge on any atom is 0.417 e. The fraction of sp³-hybridized carbons (Fsp3) is 0.235. The Labute approximate surface area is 157 Å². The van der Waals surface area contributed by atoms with Gasteiger partial charge in [-0.05, 0) is 28.3 Å². The van der Waals surface area contributed by atoms with E-state index in [1.165, 1.54) is 11.0 Å². The van der Waals surface area contributed by atoms with Crippen LogP contribution < -0.4 is 4.90 Å². The van der Waals surface area contributed by atoms with E-state index in [4.69, 9.17) is 4.84 Å². The molecule has 0 aromatic heterocycles. The number of benzene rings is 2. The van der Waals surface area contributed by atoms with E-state index in [0.717, 1.165) is 12.1 Å². The van der Waals surface area contributed by atoms with Crippen LogP contribution in [0.25, 0.3) is 0 Å². The molecule has 0 saturated carbocycles. The van der Waals surface area contributed by atoms with Crippen molar-refractivity contribution in [2.75, 3.05) is 11.4 Å². The average Bonchev–Trinajstić information content (AvgIpc) is 3.28. The maximum atomic E-state index is 13.3. The molecule has 1 N–H and O–H groups in total. The Kier molecular flexibility index (Phi) is 3.97. The van der Waals surface area contributed by atoms with Gasteiger partial charge in [0.1, 0.15) is 4.90 Å². The molecule has 0 aliphatic carbocycles. The summed E-state index contributed by atoms with van der Waals surface area (Å²) in [6.45, 7) is -0.538. The van der Waals surface area contributed by atoms with E-state index in [0.29, 0.717) is 11.8 Å². The second-order valence-corrected chi connectivity index (χ2v) is 8.41. The molecule has 2 heterocycles. The summed E-state index contributed by atoms with van der Waals surface area (Å²) in [4.78, 5) is 17.3. The molecule has 2 saturated heterocycles. The van der Waals surface area contributed by atoms with Gasteiger partial charge in [-0.25, -0.2) is 4.79 Å². The van der Waals surface area contributed by atoms with Crippen molar-refractivity contribution in [1.82, 2.24) is 0 Å². The lowest BCUT2D eigenvalue weighted by molar-refractivity contribution is -0.793. The van der Waals surface area contributed by atoms with Gasteiger partial charge in [0.15, 0.2) is 12.6 Å².